The molecule has 1 unspecified atom stereocenters. The summed E-state index contributed by atoms with van der Waals surface area (Å²) < 4.78 is 51.2. The van der Waals surface area contributed by atoms with E-state index in [0.717, 1.165) is 17.7 Å². The Morgan fingerprint density at radius 1 is 1.00 bits per heavy atom. The van der Waals surface area contributed by atoms with E-state index in [1.165, 1.54) is 17.7 Å². The third-order valence-corrected chi connectivity index (χ3v) is 5.52. The molecule has 0 aromatic heterocycles. The summed E-state index contributed by atoms with van der Waals surface area (Å²) in [5, 5.41) is 19.8. The Hall–Kier alpha value is -2.72. The van der Waals surface area contributed by atoms with Crippen LogP contribution in [0.3, 0.4) is 0 Å². The number of rotatable bonds is 3. The van der Waals surface area contributed by atoms with E-state index in [4.69, 9.17) is 9.11 Å². The molecular formula is C21H22O7S2. The lowest BCUT2D eigenvalue weighted by Crippen LogP contribution is -1.99. The average molecular weight is 451 g/mol. The molecule has 3 aromatic carbocycles. The van der Waals surface area contributed by atoms with Crippen LogP contribution in [0.15, 0.2) is 63.9 Å². The fourth-order valence-electron chi connectivity index (χ4n) is 2.82. The number of aryl methyl sites for hydroxylation is 1. The summed E-state index contributed by atoms with van der Waals surface area (Å²) in [6.45, 7) is 5.57. The Bertz CT molecular complexity index is 1240. The monoisotopic (exact) mass is 450 g/mol. The van der Waals surface area contributed by atoms with Gasteiger partial charge in [0.2, 0.25) is 0 Å². The molecule has 0 saturated carbocycles. The highest BCUT2D eigenvalue weighted by atomic mass is 32.2. The molecule has 160 valence electrons. The third kappa shape index (κ3) is 5.90. The van der Waals surface area contributed by atoms with Crippen LogP contribution in [-0.2, 0) is 21.2 Å². The molecule has 0 bridgehead atoms. The van der Waals surface area contributed by atoms with Crippen molar-refractivity contribution in [1.82, 2.24) is 0 Å². The predicted molar refractivity (Wildman–Crippen MR) is 117 cm³/mol. The van der Waals surface area contributed by atoms with E-state index in [1.807, 2.05) is 38.1 Å². The van der Waals surface area contributed by atoms with Gasteiger partial charge in [-0.15, -0.1) is 0 Å². The maximum atomic E-state index is 11.1. The van der Waals surface area contributed by atoms with Crippen molar-refractivity contribution >= 4 is 38.0 Å². The summed E-state index contributed by atoms with van der Waals surface area (Å²) >= 11 is -2.30. The molecule has 0 aliphatic rings. The number of hydrogen-bond acceptors (Lipinski definition) is 5. The number of phenolic OH excluding ortho intramolecular Hbond substituents is 2. The minimum atomic E-state index is -4.38. The van der Waals surface area contributed by atoms with E-state index in [1.54, 1.807) is 13.0 Å². The van der Waals surface area contributed by atoms with E-state index in [2.05, 4.69) is 0 Å². The summed E-state index contributed by atoms with van der Waals surface area (Å²) in [6, 6.07) is 12.1. The molecule has 9 heteroatoms. The van der Waals surface area contributed by atoms with Gasteiger partial charge in [-0.25, -0.2) is 4.21 Å². The summed E-state index contributed by atoms with van der Waals surface area (Å²) in [5.41, 5.74) is 2.50. The van der Waals surface area contributed by atoms with Crippen LogP contribution >= 0.6 is 0 Å². The first kappa shape index (κ1) is 23.6. The molecule has 0 heterocycles. The molecule has 4 N–H and O–H groups in total. The van der Waals surface area contributed by atoms with Gasteiger partial charge in [0.1, 0.15) is 11.5 Å². The summed E-state index contributed by atoms with van der Waals surface area (Å²) in [7, 11) is -4.38. The average Bonchev–Trinajstić information content (AvgIpc) is 2.62. The molecule has 0 spiro atoms. The van der Waals surface area contributed by atoms with Gasteiger partial charge in [-0.1, -0.05) is 29.8 Å². The van der Waals surface area contributed by atoms with Crippen molar-refractivity contribution in [2.75, 3.05) is 0 Å². The molecule has 0 radical (unpaired) electrons. The third-order valence-electron chi connectivity index (χ3n) is 4.05. The van der Waals surface area contributed by atoms with Gasteiger partial charge in [-0.3, -0.25) is 4.55 Å². The molecule has 3 rings (SSSR count). The highest BCUT2D eigenvalue weighted by Gasteiger charge is 2.15. The Labute approximate surface area is 177 Å². The molecule has 0 amide bonds. The predicted octanol–water partition coefficient (Wildman–Crippen LogP) is 4.50. The topological polar surface area (TPSA) is 132 Å². The van der Waals surface area contributed by atoms with Crippen LogP contribution in [-0.4, -0.2) is 31.9 Å². The molecule has 0 saturated heterocycles. The molecule has 30 heavy (non-hydrogen) atoms. The Morgan fingerprint density at radius 2 is 1.63 bits per heavy atom. The van der Waals surface area contributed by atoms with E-state index in [0.29, 0.717) is 16.7 Å². The molecule has 0 fully saturated rings. The van der Waals surface area contributed by atoms with E-state index in [9.17, 15) is 22.8 Å². The number of benzene rings is 3. The van der Waals surface area contributed by atoms with E-state index >= 15 is 0 Å². The second kappa shape index (κ2) is 9.40. The Balaban J connectivity index is 0.000000248. The van der Waals surface area contributed by atoms with Crippen molar-refractivity contribution in [2.45, 2.75) is 30.6 Å². The van der Waals surface area contributed by atoms with Crippen LogP contribution in [0.5, 0.6) is 11.5 Å². The fourth-order valence-corrected chi connectivity index (χ4v) is 3.86. The van der Waals surface area contributed by atoms with Crippen LogP contribution in [0.4, 0.5) is 0 Å². The van der Waals surface area contributed by atoms with Gasteiger partial charge in [0.05, 0.1) is 9.79 Å². The number of fused-ring (bicyclic) bond motifs is 1. The normalized spacial score (nSPS) is 12.0. The summed E-state index contributed by atoms with van der Waals surface area (Å²) in [6.07, 6.45) is 1.95. The fraction of sp³-hybridized carbons (Fsp3) is 0.143. The molecule has 3 aromatic rings. The van der Waals surface area contributed by atoms with Crippen molar-refractivity contribution in [3.05, 3.63) is 65.2 Å². The number of aromatic hydroxyl groups is 2. The highest BCUT2D eigenvalue weighted by Crippen LogP contribution is 2.32. The minimum Gasteiger partial charge on any atom is -0.507 e. The van der Waals surface area contributed by atoms with Crippen LogP contribution in [0.25, 0.3) is 16.8 Å². The van der Waals surface area contributed by atoms with Crippen molar-refractivity contribution < 1.29 is 31.9 Å². The lowest BCUT2D eigenvalue weighted by Gasteiger charge is -2.08. The van der Waals surface area contributed by atoms with Crippen LogP contribution in [0.2, 0.25) is 0 Å². The molecule has 7 nitrogen and oxygen atoms in total. The van der Waals surface area contributed by atoms with Crippen LogP contribution in [0.1, 0.15) is 25.0 Å². The quantitative estimate of drug-likeness (QED) is 0.341. The van der Waals surface area contributed by atoms with Gasteiger partial charge < -0.3 is 14.8 Å². The van der Waals surface area contributed by atoms with Crippen molar-refractivity contribution in [3.63, 3.8) is 0 Å². The maximum Gasteiger partial charge on any atom is 0.294 e. The lowest BCUT2D eigenvalue weighted by molar-refractivity contribution is 0.474. The second-order valence-electron chi connectivity index (χ2n) is 6.79. The van der Waals surface area contributed by atoms with Gasteiger partial charge in [-0.2, -0.15) is 8.42 Å². The Kier molecular flexibility index (Phi) is 7.38. The Morgan fingerprint density at radius 3 is 2.17 bits per heavy atom. The first-order valence-electron chi connectivity index (χ1n) is 8.68. The number of allylic oxidation sites excluding steroid dienone is 1. The molecule has 1 atom stereocenters. The van der Waals surface area contributed by atoms with Crippen molar-refractivity contribution in [3.8, 4) is 11.5 Å². The first-order chi connectivity index (χ1) is 13.9. The number of hydrogen-bond donors (Lipinski definition) is 4. The second-order valence-corrected chi connectivity index (χ2v) is 9.18. The van der Waals surface area contributed by atoms with Gasteiger partial charge in [0.25, 0.3) is 10.1 Å². The largest absolute Gasteiger partial charge is 0.507 e. The SMILES string of the molecule is CC(C)=Cc1ccccc1O.Cc1cc(S(=O)(=O)O)cc2cc(S(=O)O)cc(O)c12. The van der Waals surface area contributed by atoms with E-state index < -0.39 is 21.2 Å². The number of para-hydroxylation sites is 1. The van der Waals surface area contributed by atoms with Crippen molar-refractivity contribution in [1.29, 1.82) is 0 Å². The maximum absolute atomic E-state index is 11.1. The molecular weight excluding hydrogens is 428 g/mol. The zero-order chi connectivity index (χ0) is 22.6. The van der Waals surface area contributed by atoms with Crippen LogP contribution < -0.4 is 0 Å². The standard InChI is InChI=1S/C11H10O6S2.C10H12O/c1-6-2-9(19(15,16)17)4-7-3-8(18(13)14)5-10(12)11(6)7;1-8(2)7-9-5-3-4-6-10(9)11/h2-5,12H,1H3,(H,13,14)(H,15,16,17);3-7,11H,1-2H3. The van der Waals surface area contributed by atoms with Gasteiger partial charge >= 0.3 is 0 Å². The minimum absolute atomic E-state index is 0.0584. The number of phenols is 2. The van der Waals surface area contributed by atoms with Gasteiger partial charge in [0, 0.05) is 10.9 Å². The van der Waals surface area contributed by atoms with Crippen LogP contribution in [0, 0.1) is 6.92 Å². The molecule has 0 aliphatic heterocycles. The van der Waals surface area contributed by atoms with Gasteiger partial charge in [-0.05, 0) is 62.1 Å². The molecule has 0 aliphatic carbocycles. The smallest absolute Gasteiger partial charge is 0.294 e. The summed E-state index contributed by atoms with van der Waals surface area (Å²) in [5.74, 6) is 0.114. The zero-order valence-electron chi connectivity index (χ0n) is 16.5. The zero-order valence-corrected chi connectivity index (χ0v) is 18.2. The summed E-state index contributed by atoms with van der Waals surface area (Å²) in [4.78, 5) is -0.394. The van der Waals surface area contributed by atoms with Crippen molar-refractivity contribution in [2.24, 2.45) is 0 Å². The first-order valence-corrected chi connectivity index (χ1v) is 11.2. The van der Waals surface area contributed by atoms with Gasteiger partial charge in [0.15, 0.2) is 11.1 Å². The van der Waals surface area contributed by atoms with E-state index in [-0.39, 0.29) is 20.9 Å². The lowest BCUT2D eigenvalue weighted by atomic mass is 10.0. The highest BCUT2D eigenvalue weighted by molar-refractivity contribution is 7.85.